The van der Waals surface area contributed by atoms with Gasteiger partial charge in [-0.15, -0.1) is 0 Å². The van der Waals surface area contributed by atoms with Gasteiger partial charge in [-0.25, -0.2) is 0 Å². The number of ether oxygens (including phenoxy) is 1. The van der Waals surface area contributed by atoms with E-state index >= 15 is 0 Å². The van der Waals surface area contributed by atoms with E-state index < -0.39 is 29.3 Å². The quantitative estimate of drug-likeness (QED) is 0.387. The number of hydrogen-bond acceptors (Lipinski definition) is 7. The van der Waals surface area contributed by atoms with Gasteiger partial charge in [0, 0.05) is 24.4 Å². The molecular weight excluding hydrogens is 438 g/mol. The van der Waals surface area contributed by atoms with Gasteiger partial charge in [0.15, 0.2) is 11.5 Å². The molecule has 0 aromatic heterocycles. The Hall–Kier alpha value is -3.43. The van der Waals surface area contributed by atoms with E-state index in [0.717, 1.165) is 11.1 Å². The average Bonchev–Trinajstić information content (AvgIpc) is 3.37. The van der Waals surface area contributed by atoms with Gasteiger partial charge < -0.3 is 20.3 Å². The first-order chi connectivity index (χ1) is 16.2. The van der Waals surface area contributed by atoms with Crippen molar-refractivity contribution in [2.45, 2.75) is 31.8 Å². The van der Waals surface area contributed by atoms with Crippen molar-refractivity contribution in [3.8, 4) is 11.5 Å². The Kier molecular flexibility index (Phi) is 5.14. The van der Waals surface area contributed by atoms with Crippen LogP contribution in [0.5, 0.6) is 11.5 Å². The minimum absolute atomic E-state index is 0.116. The van der Waals surface area contributed by atoms with Crippen molar-refractivity contribution in [3.63, 3.8) is 0 Å². The number of rotatable bonds is 5. The first-order valence-corrected chi connectivity index (χ1v) is 11.3. The summed E-state index contributed by atoms with van der Waals surface area (Å²) >= 11 is 0. The summed E-state index contributed by atoms with van der Waals surface area (Å²) < 4.78 is 5.10. The maximum Gasteiger partial charge on any atom is 0.250 e. The van der Waals surface area contributed by atoms with Crippen LogP contribution in [-0.2, 0) is 31.1 Å². The fourth-order valence-corrected chi connectivity index (χ4v) is 5.71. The summed E-state index contributed by atoms with van der Waals surface area (Å²) in [5.41, 5.74) is 2.56. The highest BCUT2D eigenvalue weighted by atomic mass is 16.5. The van der Waals surface area contributed by atoms with Crippen LogP contribution in [0, 0.1) is 25.7 Å². The van der Waals surface area contributed by atoms with Crippen molar-refractivity contribution in [2.24, 2.45) is 11.8 Å². The van der Waals surface area contributed by atoms with Crippen molar-refractivity contribution in [2.75, 3.05) is 25.6 Å². The molecule has 9 nitrogen and oxygen atoms in total. The van der Waals surface area contributed by atoms with Crippen molar-refractivity contribution < 1.29 is 29.3 Å². The Bertz CT molecular complexity index is 1230. The molecule has 0 aliphatic carbocycles. The first-order valence-electron chi connectivity index (χ1n) is 11.3. The molecule has 2 aromatic carbocycles. The molecule has 3 aliphatic rings. The average molecular weight is 466 g/mol. The SMILES string of the molecule is COCCN1C(=O)[C@@H]2[C@H](Cc3ccc(O)c(O)c3)N[C@@]3(C(=O)Nc4c3ccc(C)c4C)[C@@H]2C1=O. The lowest BCUT2D eigenvalue weighted by atomic mass is 9.75. The molecule has 2 aromatic rings. The van der Waals surface area contributed by atoms with Gasteiger partial charge in [-0.05, 0) is 49.1 Å². The van der Waals surface area contributed by atoms with E-state index in [1.54, 1.807) is 6.07 Å². The topological polar surface area (TPSA) is 128 Å². The number of phenolic OH excluding ortho intramolecular Hbond substituents is 2. The van der Waals surface area contributed by atoms with Crippen LogP contribution in [0.25, 0.3) is 0 Å². The van der Waals surface area contributed by atoms with Gasteiger partial charge in [0.2, 0.25) is 17.7 Å². The lowest BCUT2D eigenvalue weighted by Gasteiger charge is -2.29. The number of benzene rings is 2. The van der Waals surface area contributed by atoms with E-state index in [9.17, 15) is 24.6 Å². The van der Waals surface area contributed by atoms with E-state index in [-0.39, 0.29) is 42.9 Å². The molecule has 0 radical (unpaired) electrons. The summed E-state index contributed by atoms with van der Waals surface area (Å²) in [5.74, 6) is -3.27. The molecule has 3 heterocycles. The van der Waals surface area contributed by atoms with Gasteiger partial charge in [0.25, 0.3) is 0 Å². The smallest absolute Gasteiger partial charge is 0.250 e. The number of carbonyl (C=O) groups is 3. The molecule has 178 valence electrons. The molecule has 4 atom stereocenters. The number of methoxy groups -OCH3 is 1. The van der Waals surface area contributed by atoms with Gasteiger partial charge in [-0.2, -0.15) is 0 Å². The Balaban J connectivity index is 1.62. The van der Waals surface area contributed by atoms with Crippen molar-refractivity contribution in [1.29, 1.82) is 0 Å². The molecule has 0 saturated carbocycles. The van der Waals surface area contributed by atoms with Gasteiger partial charge in [0.1, 0.15) is 5.54 Å². The molecule has 3 aliphatic heterocycles. The summed E-state index contributed by atoms with van der Waals surface area (Å²) in [7, 11) is 1.50. The lowest BCUT2D eigenvalue weighted by Crippen LogP contribution is -2.53. The van der Waals surface area contributed by atoms with Crippen LogP contribution in [0.3, 0.4) is 0 Å². The molecule has 9 heteroatoms. The summed E-state index contributed by atoms with van der Waals surface area (Å²) in [6.07, 6.45) is 0.279. The third-order valence-corrected chi connectivity index (χ3v) is 7.53. The number of imide groups is 1. The van der Waals surface area contributed by atoms with Crippen LogP contribution in [0.15, 0.2) is 30.3 Å². The first kappa shape index (κ1) is 22.4. The van der Waals surface area contributed by atoms with E-state index in [1.165, 1.54) is 24.1 Å². The highest BCUT2D eigenvalue weighted by Gasteiger charge is 2.70. The van der Waals surface area contributed by atoms with Crippen molar-refractivity contribution in [3.05, 3.63) is 52.6 Å². The summed E-state index contributed by atoms with van der Waals surface area (Å²) in [6, 6.07) is 7.68. The number of hydrogen-bond donors (Lipinski definition) is 4. The molecule has 3 amide bonds. The van der Waals surface area contributed by atoms with Crippen LogP contribution in [0.1, 0.15) is 22.3 Å². The number of aromatic hydroxyl groups is 2. The lowest BCUT2D eigenvalue weighted by molar-refractivity contribution is -0.143. The van der Waals surface area contributed by atoms with E-state index in [4.69, 9.17) is 4.74 Å². The maximum absolute atomic E-state index is 13.6. The second-order valence-corrected chi connectivity index (χ2v) is 9.29. The Labute approximate surface area is 196 Å². The number of amides is 3. The van der Waals surface area contributed by atoms with E-state index in [2.05, 4.69) is 10.6 Å². The highest BCUT2D eigenvalue weighted by Crippen LogP contribution is 2.54. The molecule has 2 saturated heterocycles. The van der Waals surface area contributed by atoms with Gasteiger partial charge >= 0.3 is 0 Å². The number of anilines is 1. The van der Waals surface area contributed by atoms with Crippen LogP contribution in [0.4, 0.5) is 5.69 Å². The number of phenols is 2. The summed E-state index contributed by atoms with van der Waals surface area (Å²) in [4.78, 5) is 41.9. The number of aryl methyl sites for hydroxylation is 1. The summed E-state index contributed by atoms with van der Waals surface area (Å²) in [6.45, 7) is 4.19. The largest absolute Gasteiger partial charge is 0.504 e. The number of nitrogens with one attached hydrogen (secondary N) is 2. The molecule has 4 N–H and O–H groups in total. The zero-order valence-electron chi connectivity index (χ0n) is 19.2. The van der Waals surface area contributed by atoms with Gasteiger partial charge in [-0.1, -0.05) is 18.2 Å². The Morgan fingerprint density at radius 3 is 2.53 bits per heavy atom. The molecule has 34 heavy (non-hydrogen) atoms. The van der Waals surface area contributed by atoms with E-state index in [0.29, 0.717) is 16.8 Å². The van der Waals surface area contributed by atoms with Crippen LogP contribution in [-0.4, -0.2) is 59.1 Å². The fourth-order valence-electron chi connectivity index (χ4n) is 5.71. The minimum atomic E-state index is -1.38. The second kappa shape index (κ2) is 7.82. The molecule has 2 fully saturated rings. The molecular formula is C25H27N3O6. The molecule has 5 rings (SSSR count). The number of nitrogens with zero attached hydrogens (tertiary/aromatic N) is 1. The van der Waals surface area contributed by atoms with Crippen molar-refractivity contribution >= 4 is 23.4 Å². The maximum atomic E-state index is 13.6. The van der Waals surface area contributed by atoms with Crippen LogP contribution >= 0.6 is 0 Å². The van der Waals surface area contributed by atoms with Crippen LogP contribution < -0.4 is 10.6 Å². The third kappa shape index (κ3) is 2.97. The van der Waals surface area contributed by atoms with Crippen molar-refractivity contribution in [1.82, 2.24) is 10.2 Å². The Morgan fingerprint density at radius 2 is 1.82 bits per heavy atom. The predicted octanol–water partition coefficient (Wildman–Crippen LogP) is 1.32. The number of carbonyl (C=O) groups excluding carboxylic acids is 3. The fraction of sp³-hybridized carbons (Fsp3) is 0.400. The van der Waals surface area contributed by atoms with Gasteiger partial charge in [-0.3, -0.25) is 24.6 Å². The number of fused-ring (bicyclic) bond motifs is 4. The standard InChI is InChI=1S/C25H27N3O6/c1-12-4-6-15-21(13(12)2)26-24(33)25(15)20-19(22(31)28(23(20)32)8-9-34-3)16(27-25)10-14-5-7-17(29)18(30)11-14/h4-7,11,16,19-20,27,29-30H,8-10H2,1-3H3,(H,26,33)/t16-,19+,20-,25+/m0/s1. The predicted molar refractivity (Wildman–Crippen MR) is 122 cm³/mol. The van der Waals surface area contributed by atoms with Crippen LogP contribution in [0.2, 0.25) is 0 Å². The molecule has 0 unspecified atom stereocenters. The Morgan fingerprint density at radius 1 is 1.06 bits per heavy atom. The van der Waals surface area contributed by atoms with E-state index in [1.807, 2.05) is 26.0 Å². The zero-order chi connectivity index (χ0) is 24.4. The second-order valence-electron chi connectivity index (χ2n) is 9.29. The minimum Gasteiger partial charge on any atom is -0.504 e. The third-order valence-electron chi connectivity index (χ3n) is 7.53. The summed E-state index contributed by atoms with van der Waals surface area (Å²) in [5, 5.41) is 26.0. The molecule has 1 spiro atoms. The van der Waals surface area contributed by atoms with Gasteiger partial charge in [0.05, 0.1) is 25.0 Å². The number of likely N-dealkylation sites (tertiary alicyclic amines) is 1. The normalized spacial score (nSPS) is 27.4. The monoisotopic (exact) mass is 465 g/mol. The zero-order valence-corrected chi connectivity index (χ0v) is 19.2. The highest BCUT2D eigenvalue weighted by molar-refractivity contribution is 6.15. The molecule has 0 bridgehead atoms.